The van der Waals surface area contributed by atoms with Gasteiger partial charge in [0.25, 0.3) is 0 Å². The fraction of sp³-hybridized carbons (Fsp3) is 0.500. The van der Waals surface area contributed by atoms with Crippen molar-refractivity contribution < 1.29 is 9.18 Å². The molecule has 0 saturated carbocycles. The van der Waals surface area contributed by atoms with Crippen LogP contribution in [-0.4, -0.2) is 29.6 Å². The van der Waals surface area contributed by atoms with Crippen LogP contribution in [0.2, 0.25) is 5.02 Å². The maximum absolute atomic E-state index is 13.5. The second kappa shape index (κ2) is 7.15. The lowest BCUT2D eigenvalue weighted by Crippen LogP contribution is -2.36. The van der Waals surface area contributed by atoms with Crippen LogP contribution in [0.3, 0.4) is 0 Å². The Labute approximate surface area is 122 Å². The van der Waals surface area contributed by atoms with Crippen molar-refractivity contribution in [2.24, 2.45) is 0 Å². The normalized spacial score (nSPS) is 15.6. The van der Waals surface area contributed by atoms with Crippen LogP contribution in [0, 0.1) is 5.82 Å². The topological polar surface area (TPSA) is 20.3 Å². The smallest absolute Gasteiger partial charge is 0.232 e. The summed E-state index contributed by atoms with van der Waals surface area (Å²) >= 11 is 7.15. The van der Waals surface area contributed by atoms with Gasteiger partial charge in [0.2, 0.25) is 5.91 Å². The van der Waals surface area contributed by atoms with E-state index >= 15 is 0 Å². The molecule has 2 nitrogen and oxygen atoms in total. The molecule has 1 saturated heterocycles. The lowest BCUT2D eigenvalue weighted by atomic mass is 10.1. The fourth-order valence-corrected chi connectivity index (χ4v) is 3.19. The highest BCUT2D eigenvalue weighted by Gasteiger charge is 2.16. The van der Waals surface area contributed by atoms with Gasteiger partial charge in [-0.15, -0.1) is 11.8 Å². The summed E-state index contributed by atoms with van der Waals surface area (Å²) in [5.74, 6) is 0.787. The lowest BCUT2D eigenvalue weighted by molar-refractivity contribution is -0.129. The number of amides is 1. The van der Waals surface area contributed by atoms with E-state index in [0.717, 1.165) is 25.9 Å². The molecule has 0 spiro atoms. The van der Waals surface area contributed by atoms with Crippen LogP contribution >= 0.6 is 23.4 Å². The molecule has 2 rings (SSSR count). The number of likely N-dealkylation sites (tertiary alicyclic amines) is 1. The molecule has 0 bridgehead atoms. The first-order valence-corrected chi connectivity index (χ1v) is 7.99. The van der Waals surface area contributed by atoms with Crippen molar-refractivity contribution in [3.63, 3.8) is 0 Å². The summed E-state index contributed by atoms with van der Waals surface area (Å²) in [5.41, 5.74) is 0.598. The van der Waals surface area contributed by atoms with Gasteiger partial charge in [-0.2, -0.15) is 0 Å². The van der Waals surface area contributed by atoms with Crippen LogP contribution in [0.5, 0.6) is 0 Å². The van der Waals surface area contributed by atoms with E-state index < -0.39 is 0 Å². The third-order valence-electron chi connectivity index (χ3n) is 3.21. The van der Waals surface area contributed by atoms with Gasteiger partial charge in [-0.05, 0) is 37.0 Å². The molecule has 0 radical (unpaired) electrons. The van der Waals surface area contributed by atoms with E-state index in [1.54, 1.807) is 12.1 Å². The molecule has 5 heteroatoms. The first-order chi connectivity index (χ1) is 9.16. The van der Waals surface area contributed by atoms with Gasteiger partial charge in [0.1, 0.15) is 5.82 Å². The molecule has 1 fully saturated rings. The molecule has 1 heterocycles. The van der Waals surface area contributed by atoms with Crippen molar-refractivity contribution in [3.05, 3.63) is 34.6 Å². The summed E-state index contributed by atoms with van der Waals surface area (Å²) in [4.78, 5) is 13.8. The maximum atomic E-state index is 13.5. The Balaban J connectivity index is 1.78. The molecule has 0 aliphatic carbocycles. The average molecular weight is 302 g/mol. The van der Waals surface area contributed by atoms with Crippen LogP contribution in [0.25, 0.3) is 0 Å². The third kappa shape index (κ3) is 4.39. The number of rotatable bonds is 4. The Kier molecular flexibility index (Phi) is 5.52. The van der Waals surface area contributed by atoms with Crippen LogP contribution < -0.4 is 0 Å². The summed E-state index contributed by atoms with van der Waals surface area (Å²) < 4.78 is 13.5. The molecular formula is C14H17ClFNOS. The number of hydrogen-bond acceptors (Lipinski definition) is 2. The van der Waals surface area contributed by atoms with E-state index in [4.69, 9.17) is 11.6 Å². The number of piperidine rings is 1. The summed E-state index contributed by atoms with van der Waals surface area (Å²) in [6.07, 6.45) is 3.41. The van der Waals surface area contributed by atoms with Gasteiger partial charge in [0.15, 0.2) is 0 Å². The van der Waals surface area contributed by atoms with E-state index in [1.807, 2.05) is 4.90 Å². The van der Waals surface area contributed by atoms with Gasteiger partial charge in [-0.25, -0.2) is 4.39 Å². The lowest BCUT2D eigenvalue weighted by Gasteiger charge is -2.26. The van der Waals surface area contributed by atoms with E-state index in [2.05, 4.69) is 0 Å². The van der Waals surface area contributed by atoms with Gasteiger partial charge in [0.05, 0.1) is 5.75 Å². The zero-order valence-corrected chi connectivity index (χ0v) is 12.3. The van der Waals surface area contributed by atoms with Gasteiger partial charge < -0.3 is 4.90 Å². The molecule has 1 aromatic rings. The van der Waals surface area contributed by atoms with Crippen molar-refractivity contribution in [3.8, 4) is 0 Å². The van der Waals surface area contributed by atoms with Gasteiger partial charge in [-0.3, -0.25) is 4.79 Å². The summed E-state index contributed by atoms with van der Waals surface area (Å²) in [6, 6.07) is 4.66. The highest BCUT2D eigenvalue weighted by Crippen LogP contribution is 2.20. The van der Waals surface area contributed by atoms with Crippen LogP contribution in [-0.2, 0) is 10.5 Å². The molecule has 1 aliphatic heterocycles. The molecule has 0 aromatic heterocycles. The van der Waals surface area contributed by atoms with Crippen molar-refractivity contribution in [1.82, 2.24) is 4.90 Å². The predicted octanol–water partition coefficient (Wildman–Crippen LogP) is 3.72. The standard InChI is InChI=1S/C14H17ClFNOS/c15-12-5-4-11(13(16)8-12)9-19-10-14(18)17-6-2-1-3-7-17/h4-5,8H,1-3,6-7,9-10H2. The Bertz CT molecular complexity index is 449. The van der Waals surface area contributed by atoms with Crippen LogP contribution in [0.1, 0.15) is 24.8 Å². The van der Waals surface area contributed by atoms with Crippen molar-refractivity contribution in [1.29, 1.82) is 0 Å². The fourth-order valence-electron chi connectivity index (χ4n) is 2.12. The summed E-state index contributed by atoms with van der Waals surface area (Å²) in [6.45, 7) is 1.74. The predicted molar refractivity (Wildman–Crippen MR) is 78.0 cm³/mol. The largest absolute Gasteiger partial charge is 0.342 e. The molecule has 1 aliphatic rings. The Hall–Kier alpha value is -0.740. The summed E-state index contributed by atoms with van der Waals surface area (Å²) in [5, 5.41) is 0.399. The number of thioether (sulfide) groups is 1. The molecule has 1 amide bonds. The number of carbonyl (C=O) groups excluding carboxylic acids is 1. The monoisotopic (exact) mass is 301 g/mol. The minimum atomic E-state index is -0.301. The number of carbonyl (C=O) groups is 1. The SMILES string of the molecule is O=C(CSCc1ccc(Cl)cc1F)N1CCCCC1. The highest BCUT2D eigenvalue weighted by atomic mass is 35.5. The van der Waals surface area contributed by atoms with Gasteiger partial charge >= 0.3 is 0 Å². The molecular weight excluding hydrogens is 285 g/mol. The number of benzene rings is 1. The Morgan fingerprint density at radius 1 is 1.32 bits per heavy atom. The molecule has 0 unspecified atom stereocenters. The maximum Gasteiger partial charge on any atom is 0.232 e. The molecule has 0 atom stereocenters. The minimum Gasteiger partial charge on any atom is -0.342 e. The Morgan fingerprint density at radius 3 is 2.74 bits per heavy atom. The van der Waals surface area contributed by atoms with E-state index in [-0.39, 0.29) is 11.7 Å². The quantitative estimate of drug-likeness (QED) is 0.844. The number of hydrogen-bond donors (Lipinski definition) is 0. The number of halogens is 2. The molecule has 19 heavy (non-hydrogen) atoms. The van der Waals surface area contributed by atoms with Gasteiger partial charge in [-0.1, -0.05) is 17.7 Å². The third-order valence-corrected chi connectivity index (χ3v) is 4.41. The molecule has 1 aromatic carbocycles. The second-order valence-electron chi connectivity index (χ2n) is 4.67. The minimum absolute atomic E-state index is 0.166. The average Bonchev–Trinajstić information content (AvgIpc) is 2.42. The van der Waals surface area contributed by atoms with Crippen LogP contribution in [0.4, 0.5) is 4.39 Å². The van der Waals surface area contributed by atoms with Crippen molar-refractivity contribution in [2.45, 2.75) is 25.0 Å². The zero-order valence-electron chi connectivity index (χ0n) is 10.7. The second-order valence-corrected chi connectivity index (χ2v) is 6.09. The Morgan fingerprint density at radius 2 is 2.05 bits per heavy atom. The summed E-state index contributed by atoms with van der Waals surface area (Å²) in [7, 11) is 0. The van der Waals surface area contributed by atoms with E-state index in [0.29, 0.717) is 22.1 Å². The first-order valence-electron chi connectivity index (χ1n) is 6.46. The zero-order chi connectivity index (χ0) is 13.7. The molecule has 0 N–H and O–H groups in total. The molecule has 104 valence electrons. The van der Waals surface area contributed by atoms with E-state index in [9.17, 15) is 9.18 Å². The van der Waals surface area contributed by atoms with Crippen molar-refractivity contribution in [2.75, 3.05) is 18.8 Å². The number of nitrogens with zero attached hydrogens (tertiary/aromatic N) is 1. The van der Waals surface area contributed by atoms with Crippen molar-refractivity contribution >= 4 is 29.3 Å². The van der Waals surface area contributed by atoms with E-state index in [1.165, 1.54) is 24.2 Å². The highest BCUT2D eigenvalue weighted by molar-refractivity contribution is 7.99. The van der Waals surface area contributed by atoms with Gasteiger partial charge in [0, 0.05) is 23.9 Å². The van der Waals surface area contributed by atoms with Crippen LogP contribution in [0.15, 0.2) is 18.2 Å². The first kappa shape index (κ1) is 14.7.